The van der Waals surface area contributed by atoms with Crippen molar-refractivity contribution < 1.29 is 23.6 Å². The molecule has 4 nitrogen and oxygen atoms in total. The Balaban J connectivity index is -0.000000104. The van der Waals surface area contributed by atoms with Gasteiger partial charge in [0.1, 0.15) is 5.60 Å². The van der Waals surface area contributed by atoms with Crippen molar-refractivity contribution in [2.24, 2.45) is 0 Å². The van der Waals surface area contributed by atoms with E-state index in [1.165, 1.54) is 0 Å². The van der Waals surface area contributed by atoms with Crippen LogP contribution in [0, 0.1) is 0 Å². The van der Waals surface area contributed by atoms with Gasteiger partial charge in [-0.3, -0.25) is 14.1 Å². The molecule has 9 heteroatoms. The summed E-state index contributed by atoms with van der Waals surface area (Å²) in [6, 6.07) is 0. The third-order valence-corrected chi connectivity index (χ3v) is 1.77. The summed E-state index contributed by atoms with van der Waals surface area (Å²) in [7, 11) is 2.00. The number of hydrogen-bond donors (Lipinski definition) is 1. The van der Waals surface area contributed by atoms with Crippen LogP contribution in [0.1, 0.15) is 20.8 Å². The molecule has 1 saturated heterocycles. The number of ether oxygens (including phenoxy) is 1. The zero-order chi connectivity index (χ0) is 11.9. The van der Waals surface area contributed by atoms with Gasteiger partial charge in [-0.05, 0) is 20.8 Å². The number of nitrogens with one attached hydrogen (secondary N) is 1. The van der Waals surface area contributed by atoms with Crippen molar-refractivity contribution in [2.75, 3.05) is 26.2 Å². The Morgan fingerprint density at radius 3 is 1.79 bits per heavy atom. The molecule has 0 bridgehead atoms. The molecular formula is C10H27BF3KN2O2. The number of amides is 1. The van der Waals surface area contributed by atoms with Crippen molar-refractivity contribution in [3.63, 3.8) is 0 Å². The quantitative estimate of drug-likeness (QED) is 0.654. The normalized spacial score (nSPS) is 12.9. The van der Waals surface area contributed by atoms with Gasteiger partial charge in [-0.1, -0.05) is 6.82 Å². The van der Waals surface area contributed by atoms with Crippen molar-refractivity contribution in [3.8, 4) is 0 Å². The summed E-state index contributed by atoms with van der Waals surface area (Å²) in [4.78, 5) is 13.2. The van der Waals surface area contributed by atoms with Gasteiger partial charge < -0.3 is 15.0 Å². The molecule has 0 saturated carbocycles. The average molecular weight is 314 g/mol. The first-order valence-electron chi connectivity index (χ1n) is 5.68. The van der Waals surface area contributed by atoms with Crippen LogP contribution in [-0.4, -0.2) is 102 Å². The first kappa shape index (κ1) is 31.9. The predicted octanol–water partition coefficient (Wildman–Crippen LogP) is 0.303. The molecule has 0 atom stereocenters. The van der Waals surface area contributed by atoms with E-state index in [4.69, 9.17) is 4.74 Å². The van der Waals surface area contributed by atoms with E-state index in [2.05, 4.69) is 5.32 Å². The van der Waals surface area contributed by atoms with Gasteiger partial charge in [-0.2, -0.15) is 0 Å². The maximum atomic E-state index is 11.5. The van der Waals surface area contributed by atoms with Crippen LogP contribution in [0.15, 0.2) is 0 Å². The molecule has 19 heavy (non-hydrogen) atoms. The Labute approximate surface area is 157 Å². The molecule has 0 aromatic heterocycles. The fraction of sp³-hybridized carbons (Fsp3) is 0.900. The zero-order valence-electron chi connectivity index (χ0n) is 11.8. The van der Waals surface area contributed by atoms with E-state index in [1.807, 2.05) is 35.4 Å². The van der Waals surface area contributed by atoms with Gasteiger partial charge in [-0.25, -0.2) is 4.79 Å². The first-order valence-corrected chi connectivity index (χ1v) is 5.68. The van der Waals surface area contributed by atoms with E-state index < -0.39 is 0 Å². The zero-order valence-corrected chi connectivity index (χ0v) is 11.8. The van der Waals surface area contributed by atoms with Crippen molar-refractivity contribution in [2.45, 2.75) is 33.2 Å². The van der Waals surface area contributed by atoms with Gasteiger partial charge in [0.05, 0.1) is 7.85 Å². The van der Waals surface area contributed by atoms with E-state index in [-0.39, 0.29) is 77.2 Å². The van der Waals surface area contributed by atoms with Gasteiger partial charge in [-0.15, -0.1) is 0 Å². The topological polar surface area (TPSA) is 41.6 Å². The van der Waals surface area contributed by atoms with Crippen LogP contribution in [0.3, 0.4) is 0 Å². The van der Waals surface area contributed by atoms with Crippen molar-refractivity contribution in [1.29, 1.82) is 0 Å². The molecule has 1 rings (SSSR count). The van der Waals surface area contributed by atoms with Crippen molar-refractivity contribution >= 4 is 65.3 Å². The van der Waals surface area contributed by atoms with E-state index >= 15 is 0 Å². The first-order chi connectivity index (χ1) is 6.99. The summed E-state index contributed by atoms with van der Waals surface area (Å²) in [5.74, 6) is 0. The van der Waals surface area contributed by atoms with E-state index in [0.29, 0.717) is 0 Å². The molecule has 1 aliphatic rings. The second-order valence-electron chi connectivity index (χ2n) is 4.22. The third-order valence-electron chi connectivity index (χ3n) is 1.77. The standard InChI is InChI=1S/C9H18N2O2.CH5B.3FH.K.H/c1-9(2,3)13-8(12)11-6-4-10-5-7-11;1-2;;;;;/h10H,4-7H2,1-3H3;2H2,1H3;3*1H;;. The third kappa shape index (κ3) is 16.7. The molecule has 1 N–H and O–H groups in total. The second-order valence-corrected chi connectivity index (χ2v) is 4.22. The van der Waals surface area contributed by atoms with Crippen LogP contribution in [0.2, 0.25) is 6.82 Å². The number of halogens is 3. The number of carbonyl (C=O) groups is 1. The summed E-state index contributed by atoms with van der Waals surface area (Å²) < 4.78 is 5.24. The van der Waals surface area contributed by atoms with E-state index in [0.717, 1.165) is 26.2 Å². The van der Waals surface area contributed by atoms with Crippen molar-refractivity contribution in [1.82, 2.24) is 10.2 Å². The fourth-order valence-electron chi connectivity index (χ4n) is 1.17. The molecule has 0 aliphatic carbocycles. The summed E-state index contributed by atoms with van der Waals surface area (Å²) in [5.41, 5.74) is -0.387. The molecule has 1 heterocycles. The van der Waals surface area contributed by atoms with Crippen LogP contribution >= 0.6 is 0 Å². The molecule has 0 aromatic rings. The Morgan fingerprint density at radius 2 is 1.47 bits per heavy atom. The summed E-state index contributed by atoms with van der Waals surface area (Å²) in [6.07, 6.45) is -0.200. The molecule has 0 radical (unpaired) electrons. The van der Waals surface area contributed by atoms with Gasteiger partial charge in [0.2, 0.25) is 0 Å². The predicted molar refractivity (Wildman–Crippen MR) is 79.7 cm³/mol. The number of rotatable bonds is 0. The molecule has 0 spiro atoms. The Kier molecular flexibility index (Phi) is 28.2. The molecule has 0 unspecified atom stereocenters. The molecular weight excluding hydrogens is 287 g/mol. The SMILES string of the molecule is BC.CC(C)(C)OC(=O)N1CCNCC1.F.F.F.[KH]. The van der Waals surface area contributed by atoms with E-state index in [9.17, 15) is 4.79 Å². The minimum atomic E-state index is -0.387. The van der Waals surface area contributed by atoms with Crippen LogP contribution in [-0.2, 0) is 4.74 Å². The number of carbonyl (C=O) groups excluding carboxylic acids is 1. The molecule has 0 aromatic carbocycles. The Bertz CT molecular complexity index is 204. The molecule has 114 valence electrons. The van der Waals surface area contributed by atoms with Gasteiger partial charge in [0.25, 0.3) is 0 Å². The molecule has 1 fully saturated rings. The number of hydrogen-bond acceptors (Lipinski definition) is 3. The second kappa shape index (κ2) is 16.8. The molecule has 1 amide bonds. The average Bonchev–Trinajstić information content (AvgIpc) is 2.20. The van der Waals surface area contributed by atoms with Crippen LogP contribution in [0.4, 0.5) is 18.9 Å². The van der Waals surface area contributed by atoms with Crippen LogP contribution < -0.4 is 5.32 Å². The van der Waals surface area contributed by atoms with Crippen molar-refractivity contribution in [3.05, 3.63) is 0 Å². The monoisotopic (exact) mass is 314 g/mol. The number of piperazine rings is 1. The van der Waals surface area contributed by atoms with Crippen LogP contribution in [0.5, 0.6) is 0 Å². The maximum absolute atomic E-state index is 11.5. The fourth-order valence-corrected chi connectivity index (χ4v) is 1.17. The van der Waals surface area contributed by atoms with E-state index in [1.54, 1.807) is 4.90 Å². The summed E-state index contributed by atoms with van der Waals surface area (Å²) in [5, 5.41) is 3.18. The number of nitrogens with zero attached hydrogens (tertiary/aromatic N) is 1. The summed E-state index contributed by atoms with van der Waals surface area (Å²) >= 11 is 0. The molecule has 1 aliphatic heterocycles. The van der Waals surface area contributed by atoms with Crippen LogP contribution in [0.25, 0.3) is 0 Å². The van der Waals surface area contributed by atoms with Gasteiger partial charge in [0, 0.05) is 26.2 Å². The summed E-state index contributed by atoms with van der Waals surface area (Å²) in [6.45, 7) is 10.9. The van der Waals surface area contributed by atoms with Gasteiger partial charge >= 0.3 is 57.5 Å². The Hall–Kier alpha value is 0.721. The van der Waals surface area contributed by atoms with Gasteiger partial charge in [0.15, 0.2) is 0 Å². The Morgan fingerprint density at radius 1 is 1.11 bits per heavy atom. The minimum absolute atomic E-state index is 0.